The Morgan fingerprint density at radius 1 is 0.533 bits per heavy atom. The summed E-state index contributed by atoms with van der Waals surface area (Å²) in [4.78, 5) is 64.6. The van der Waals surface area contributed by atoms with E-state index in [0.29, 0.717) is 37.0 Å². The number of hydrogen-bond acceptors (Lipinski definition) is 12. The van der Waals surface area contributed by atoms with Crippen LogP contribution in [0.1, 0.15) is 77.0 Å². The standard InChI is InChI=1S/C16H26O4Si2.C12H26O5Si2.C12H20O2Si2.C8H7IO2.C4H14OSi2/c1-13(17)14-8-10-15(11-9-14)22(4,5)20-21(2,3)12-6-7-16(18)19;1-18(2,9-5-7-12(14)15)17-19(3,4)10-6-8-16-11-13;1-10(13)11-6-8-12(9-7-11)16(4,5)14-15(2)3;1-11-8(10)6-2-4-7(9)5-3-6;1-6(2)5-7(3)4/h8-11H,6-7,12H2,1-5H3,(H,18,19);11H,5-10H2,1-4H3,(H,14,15);6-9,15H,1-5H3;2-5H,1H3;6-7H,1-4H3. The van der Waals surface area contributed by atoms with Crippen molar-refractivity contribution in [3.8, 4) is 0 Å². The summed E-state index contributed by atoms with van der Waals surface area (Å²) < 4.78 is 34.8. The van der Waals surface area contributed by atoms with Crippen molar-refractivity contribution in [2.75, 3.05) is 13.7 Å². The zero-order chi connectivity index (χ0) is 58.4. The summed E-state index contributed by atoms with van der Waals surface area (Å²) in [5.74, 6) is -1.60. The number of hydrogen-bond donors (Lipinski definition) is 2. The molecule has 0 amide bonds. The smallest absolute Gasteiger partial charge is 0.337 e. The van der Waals surface area contributed by atoms with Crippen LogP contribution < -0.4 is 10.4 Å². The second kappa shape index (κ2) is 37.1. The van der Waals surface area contributed by atoms with Crippen molar-refractivity contribution in [3.63, 3.8) is 0 Å². The van der Waals surface area contributed by atoms with Gasteiger partial charge in [-0.25, -0.2) is 4.79 Å². The van der Waals surface area contributed by atoms with E-state index in [4.69, 9.17) is 26.7 Å². The maximum atomic E-state index is 11.3. The highest BCUT2D eigenvalue weighted by Crippen LogP contribution is 2.25. The molecule has 0 saturated heterocycles. The summed E-state index contributed by atoms with van der Waals surface area (Å²) in [6, 6.07) is 25.5. The third-order valence-electron chi connectivity index (χ3n) is 10.8. The summed E-state index contributed by atoms with van der Waals surface area (Å²) in [5, 5.41) is 19.8. The largest absolute Gasteiger partial charge is 0.481 e. The highest BCUT2D eigenvalue weighted by Gasteiger charge is 2.35. The zero-order valence-corrected chi connectivity index (χ0v) is 59.4. The molecule has 0 aliphatic carbocycles. The van der Waals surface area contributed by atoms with Crippen LogP contribution in [0, 0.1) is 3.57 Å². The molecule has 23 heteroatoms. The molecule has 0 radical (unpaired) electrons. The predicted molar refractivity (Wildman–Crippen MR) is 336 cm³/mol. The number of methoxy groups -OCH3 is 1. The number of halogens is 1. The molecule has 14 nitrogen and oxygen atoms in total. The average molecular weight is 1290 g/mol. The Labute approximate surface area is 474 Å². The maximum absolute atomic E-state index is 11.3. The van der Waals surface area contributed by atoms with E-state index in [-0.39, 0.29) is 30.4 Å². The minimum atomic E-state index is -2.05. The maximum Gasteiger partial charge on any atom is 0.337 e. The van der Waals surface area contributed by atoms with Gasteiger partial charge in [0.1, 0.15) is 0 Å². The van der Waals surface area contributed by atoms with Gasteiger partial charge < -0.3 is 36.1 Å². The molecule has 0 aromatic heterocycles. The third kappa shape index (κ3) is 37.6. The van der Waals surface area contributed by atoms with Crippen LogP contribution in [0.25, 0.3) is 0 Å². The number of carbonyl (C=O) groups excluding carboxylic acids is 4. The van der Waals surface area contributed by atoms with Crippen LogP contribution in [0.5, 0.6) is 0 Å². The van der Waals surface area contributed by atoms with E-state index < -0.39 is 80.6 Å². The first-order chi connectivity index (χ1) is 34.4. The van der Waals surface area contributed by atoms with E-state index in [2.05, 4.69) is 137 Å². The molecule has 0 aliphatic heterocycles. The second-order valence-corrected chi connectivity index (χ2v) is 52.2. The highest BCUT2D eigenvalue weighted by atomic mass is 127. The van der Waals surface area contributed by atoms with Gasteiger partial charge >= 0.3 is 17.9 Å². The van der Waals surface area contributed by atoms with Gasteiger partial charge in [0, 0.05) is 27.5 Å². The molecule has 0 heterocycles. The van der Waals surface area contributed by atoms with Crippen molar-refractivity contribution >= 4 is 138 Å². The Hall–Kier alpha value is -2.81. The molecule has 0 fully saturated rings. The van der Waals surface area contributed by atoms with E-state index in [1.165, 1.54) is 12.3 Å². The fourth-order valence-electron chi connectivity index (χ4n) is 7.73. The van der Waals surface area contributed by atoms with E-state index >= 15 is 0 Å². The molecule has 0 unspecified atom stereocenters. The highest BCUT2D eigenvalue weighted by molar-refractivity contribution is 14.1. The predicted octanol–water partition coefficient (Wildman–Crippen LogP) is 11.6. The van der Waals surface area contributed by atoms with Gasteiger partial charge in [-0.15, -0.1) is 0 Å². The molecular weight excluding hydrogens is 1200 g/mol. The molecule has 3 aromatic rings. The van der Waals surface area contributed by atoms with Gasteiger partial charge in [0.15, 0.2) is 63.6 Å². The molecule has 0 bridgehead atoms. The summed E-state index contributed by atoms with van der Waals surface area (Å²) >= 11 is 2.18. The Morgan fingerprint density at radius 3 is 1.21 bits per heavy atom. The van der Waals surface area contributed by atoms with Crippen LogP contribution in [0.2, 0.25) is 123 Å². The molecule has 0 spiro atoms. The van der Waals surface area contributed by atoms with Crippen LogP contribution in [-0.2, 0) is 40.3 Å². The van der Waals surface area contributed by atoms with Crippen LogP contribution in [0.4, 0.5) is 0 Å². The van der Waals surface area contributed by atoms with Crippen LogP contribution in [0.15, 0.2) is 72.8 Å². The summed E-state index contributed by atoms with van der Waals surface area (Å²) in [6.07, 6.45) is 2.61. The first-order valence-electron chi connectivity index (χ1n) is 25.7. The lowest BCUT2D eigenvalue weighted by molar-refractivity contribution is -0.138. The van der Waals surface area contributed by atoms with Gasteiger partial charge in [0.05, 0.1) is 19.3 Å². The van der Waals surface area contributed by atoms with Gasteiger partial charge in [0.25, 0.3) is 6.47 Å². The number of esters is 1. The van der Waals surface area contributed by atoms with Gasteiger partial charge in [-0.1, -0.05) is 48.5 Å². The van der Waals surface area contributed by atoms with E-state index in [0.717, 1.165) is 38.9 Å². The van der Waals surface area contributed by atoms with Crippen molar-refractivity contribution < 1.29 is 64.9 Å². The van der Waals surface area contributed by atoms with Crippen molar-refractivity contribution in [3.05, 3.63) is 93.1 Å². The first-order valence-corrected chi connectivity index (χ1v) is 50.3. The Morgan fingerprint density at radius 2 is 0.893 bits per heavy atom. The number of carbonyl (C=O) groups is 6. The quantitative estimate of drug-likeness (QED) is 0.0192. The monoisotopic (exact) mass is 1290 g/mol. The number of carboxylic acid groups (broad SMARTS) is 2. The second-order valence-electron chi connectivity index (χ2n) is 21.7. The molecule has 0 atom stereocenters. The molecule has 0 aliphatic rings. The molecule has 3 rings (SSSR count). The van der Waals surface area contributed by atoms with Crippen LogP contribution in [0.3, 0.4) is 0 Å². The fraction of sp³-hybridized carbons (Fsp3) is 0.538. The Bertz CT molecular complexity index is 2150. The van der Waals surface area contributed by atoms with Crippen molar-refractivity contribution in [2.24, 2.45) is 0 Å². The number of benzene rings is 3. The van der Waals surface area contributed by atoms with Gasteiger partial charge in [-0.3, -0.25) is 24.0 Å². The van der Waals surface area contributed by atoms with Gasteiger partial charge in [-0.05, 0) is 213 Å². The van der Waals surface area contributed by atoms with Gasteiger partial charge in [-0.2, -0.15) is 0 Å². The fourth-order valence-corrected chi connectivity index (χ4v) is 35.9. The molecular formula is C52H93IO14Si8. The first kappa shape index (κ1) is 74.3. The topological polar surface area (TPSA) is 198 Å². The van der Waals surface area contributed by atoms with Crippen molar-refractivity contribution in [1.29, 1.82) is 0 Å². The molecule has 424 valence electrons. The normalized spacial score (nSPS) is 11.6. The molecule has 3 aromatic carbocycles. The summed E-state index contributed by atoms with van der Waals surface area (Å²) in [5.41, 5.74) is 2.08. The summed E-state index contributed by atoms with van der Waals surface area (Å²) in [7, 11) is -10.2. The number of ether oxygens (including phenoxy) is 2. The molecule has 75 heavy (non-hydrogen) atoms. The van der Waals surface area contributed by atoms with E-state index in [1.807, 2.05) is 60.7 Å². The SMILES string of the molecule is CC(=O)c1ccc([Si](C)(C)O[SiH](C)C)cc1.CC(=O)c1ccc([Si](C)(C)O[Si](C)(C)CCCC(=O)O)cc1.COC(=O)c1ccc(I)cc1.C[SiH](C)O[SiH](C)C.C[Si](C)(CCCOC=O)O[Si](C)(C)CCCC(=O)O. The average Bonchev–Trinajstić information content (AvgIpc) is 3.27. The zero-order valence-electron chi connectivity index (χ0n) is 48.8. The number of ketones is 2. The van der Waals surface area contributed by atoms with Crippen LogP contribution in [-0.4, -0.2) is 129 Å². The minimum absolute atomic E-state index is 0.0651. The molecule has 0 saturated carbocycles. The van der Waals surface area contributed by atoms with E-state index in [9.17, 15) is 28.8 Å². The van der Waals surface area contributed by atoms with E-state index in [1.54, 1.807) is 26.0 Å². The number of rotatable bonds is 26. The van der Waals surface area contributed by atoms with Crippen molar-refractivity contribution in [1.82, 2.24) is 0 Å². The number of carboxylic acids is 2. The lowest BCUT2D eigenvalue weighted by Gasteiger charge is -2.34. The molecule has 2 N–H and O–H groups in total. The lowest BCUT2D eigenvalue weighted by atomic mass is 10.2. The van der Waals surface area contributed by atoms with Crippen molar-refractivity contribution in [2.45, 2.75) is 169 Å². The van der Waals surface area contributed by atoms with Crippen LogP contribution >= 0.6 is 22.6 Å². The Balaban J connectivity index is 0. The Kier molecular flexibility index (Phi) is 36.8. The van der Waals surface area contributed by atoms with Gasteiger partial charge in [0.2, 0.25) is 16.6 Å². The number of aliphatic carboxylic acids is 2. The lowest BCUT2D eigenvalue weighted by Crippen LogP contribution is -2.52. The minimum Gasteiger partial charge on any atom is -0.481 e. The third-order valence-corrected chi connectivity index (χ3v) is 37.0. The summed E-state index contributed by atoms with van der Waals surface area (Å²) in [6.45, 7) is 39.0. The number of Topliss-reactive ketones (excluding diaryl/α,β-unsaturated/α-hetero) is 2.